The monoisotopic (exact) mass is 269 g/mol. The van der Waals surface area contributed by atoms with Crippen molar-refractivity contribution >= 4 is 5.69 Å². The van der Waals surface area contributed by atoms with Crippen molar-refractivity contribution in [1.29, 1.82) is 5.26 Å². The second kappa shape index (κ2) is 6.67. The van der Waals surface area contributed by atoms with Gasteiger partial charge < -0.3 is 10.5 Å². The highest BCUT2D eigenvalue weighted by molar-refractivity contribution is 5.55. The second-order valence-corrected chi connectivity index (χ2v) is 4.68. The fourth-order valence-electron chi connectivity index (χ4n) is 2.04. The number of hydrogen-bond acceptors (Lipinski definition) is 3. The molecule has 0 amide bonds. The van der Waals surface area contributed by atoms with Crippen molar-refractivity contribution in [3.8, 4) is 11.9 Å². The van der Waals surface area contributed by atoms with Crippen LogP contribution in [0.2, 0.25) is 0 Å². The molecule has 0 aliphatic rings. The predicted octanol–water partition coefficient (Wildman–Crippen LogP) is 3.17. The van der Waals surface area contributed by atoms with Crippen molar-refractivity contribution < 1.29 is 4.74 Å². The maximum Gasteiger partial charge on any atom is 0.218 e. The lowest BCUT2D eigenvalue weighted by Gasteiger charge is -2.12. The lowest BCUT2D eigenvalue weighted by atomic mass is 10.2. The summed E-state index contributed by atoms with van der Waals surface area (Å²) in [7, 11) is 0. The van der Waals surface area contributed by atoms with Gasteiger partial charge in [0.05, 0.1) is 18.8 Å². The molecule has 0 aliphatic carbocycles. The Morgan fingerprint density at radius 2 is 2.05 bits per heavy atom. The number of nitrogen functional groups attached to an aromatic ring is 1. The van der Waals surface area contributed by atoms with Crippen molar-refractivity contribution in [2.24, 2.45) is 0 Å². The third-order valence-electron chi connectivity index (χ3n) is 3.11. The Bertz CT molecular complexity index is 596. The third kappa shape index (κ3) is 3.12. The van der Waals surface area contributed by atoms with Gasteiger partial charge in [-0.2, -0.15) is 5.26 Å². The quantitative estimate of drug-likeness (QED) is 0.819. The summed E-state index contributed by atoms with van der Waals surface area (Å²) < 4.78 is 7.58. The van der Waals surface area contributed by atoms with Crippen LogP contribution in [0.15, 0.2) is 36.4 Å². The van der Waals surface area contributed by atoms with E-state index < -0.39 is 0 Å². The molecule has 0 bridgehead atoms. The fraction of sp³-hybridized carbons (Fsp3) is 0.312. The first-order valence-corrected chi connectivity index (χ1v) is 6.82. The highest BCUT2D eigenvalue weighted by Gasteiger charge is 2.14. The van der Waals surface area contributed by atoms with Gasteiger partial charge in [-0.05, 0) is 12.0 Å². The van der Waals surface area contributed by atoms with Crippen molar-refractivity contribution in [2.45, 2.75) is 26.3 Å². The van der Waals surface area contributed by atoms with E-state index >= 15 is 0 Å². The number of hydrogen-bond donors (Lipinski definition) is 1. The van der Waals surface area contributed by atoms with E-state index in [1.54, 1.807) is 6.07 Å². The molecular formula is C16H19N3O. The Morgan fingerprint density at radius 3 is 2.70 bits per heavy atom. The minimum atomic E-state index is 0.522. The van der Waals surface area contributed by atoms with E-state index in [1.807, 2.05) is 34.9 Å². The van der Waals surface area contributed by atoms with Crippen LogP contribution in [-0.4, -0.2) is 11.2 Å². The van der Waals surface area contributed by atoms with Gasteiger partial charge in [0.15, 0.2) is 0 Å². The maximum atomic E-state index is 9.22. The summed E-state index contributed by atoms with van der Waals surface area (Å²) in [6, 6.07) is 13.8. The van der Waals surface area contributed by atoms with Gasteiger partial charge in [0, 0.05) is 6.07 Å². The van der Waals surface area contributed by atoms with Gasteiger partial charge in [-0.3, -0.25) is 4.57 Å². The first-order valence-electron chi connectivity index (χ1n) is 6.82. The summed E-state index contributed by atoms with van der Waals surface area (Å²) in [4.78, 5) is 0. The molecule has 0 unspecified atom stereocenters. The number of anilines is 1. The molecule has 1 heterocycles. The molecule has 0 radical (unpaired) electrons. The topological polar surface area (TPSA) is 64.0 Å². The summed E-state index contributed by atoms with van der Waals surface area (Å²) in [5.41, 5.74) is 8.12. The molecule has 4 heteroatoms. The van der Waals surface area contributed by atoms with Crippen LogP contribution in [0.4, 0.5) is 5.69 Å². The molecule has 0 spiro atoms. The minimum absolute atomic E-state index is 0.522. The smallest absolute Gasteiger partial charge is 0.218 e. The zero-order chi connectivity index (χ0) is 14.4. The van der Waals surface area contributed by atoms with Crippen LogP contribution in [0.1, 0.15) is 31.0 Å². The van der Waals surface area contributed by atoms with Crippen LogP contribution >= 0.6 is 0 Å². The average molecular weight is 269 g/mol. The molecule has 104 valence electrons. The van der Waals surface area contributed by atoms with Crippen LogP contribution in [0.25, 0.3) is 0 Å². The number of nitrogens with two attached hydrogens (primary N) is 1. The first-order chi connectivity index (χ1) is 9.76. The van der Waals surface area contributed by atoms with Crippen LogP contribution in [0.3, 0.4) is 0 Å². The van der Waals surface area contributed by atoms with E-state index in [1.165, 1.54) is 0 Å². The van der Waals surface area contributed by atoms with Crippen molar-refractivity contribution in [1.82, 2.24) is 4.57 Å². The molecule has 4 nitrogen and oxygen atoms in total. The molecule has 0 saturated carbocycles. The maximum absolute atomic E-state index is 9.22. The molecule has 0 aliphatic heterocycles. The van der Waals surface area contributed by atoms with E-state index in [4.69, 9.17) is 10.5 Å². The molecule has 2 aromatic rings. The number of benzene rings is 1. The SMILES string of the molecule is CCCCOc1c(N)cc(C#N)n1Cc1ccccc1. The van der Waals surface area contributed by atoms with Gasteiger partial charge >= 0.3 is 0 Å². The lowest BCUT2D eigenvalue weighted by Crippen LogP contribution is -2.08. The summed E-state index contributed by atoms with van der Waals surface area (Å²) in [6.07, 6.45) is 2.03. The molecule has 0 saturated heterocycles. The molecule has 0 fully saturated rings. The second-order valence-electron chi connectivity index (χ2n) is 4.68. The Kier molecular flexibility index (Phi) is 4.67. The molecule has 1 aromatic carbocycles. The van der Waals surface area contributed by atoms with Crippen molar-refractivity contribution in [3.05, 3.63) is 47.7 Å². The number of nitriles is 1. The number of aromatic nitrogens is 1. The predicted molar refractivity (Wildman–Crippen MR) is 79.5 cm³/mol. The van der Waals surface area contributed by atoms with Crippen LogP contribution in [0, 0.1) is 11.3 Å². The fourth-order valence-corrected chi connectivity index (χ4v) is 2.04. The van der Waals surface area contributed by atoms with Gasteiger partial charge in [-0.25, -0.2) is 0 Å². The van der Waals surface area contributed by atoms with E-state index in [2.05, 4.69) is 13.0 Å². The molecule has 2 N–H and O–H groups in total. The Labute approximate surface area is 119 Å². The highest BCUT2D eigenvalue weighted by atomic mass is 16.5. The van der Waals surface area contributed by atoms with Crippen LogP contribution in [-0.2, 0) is 6.54 Å². The number of rotatable bonds is 6. The summed E-state index contributed by atoms with van der Waals surface area (Å²) in [5.74, 6) is 0.596. The molecule has 2 rings (SSSR count). The summed E-state index contributed by atoms with van der Waals surface area (Å²) in [6.45, 7) is 3.31. The zero-order valence-electron chi connectivity index (χ0n) is 11.7. The highest BCUT2D eigenvalue weighted by Crippen LogP contribution is 2.27. The standard InChI is InChI=1S/C16H19N3O/c1-2-3-9-20-16-15(18)10-14(11-17)19(16)12-13-7-5-4-6-8-13/h4-8,10H,2-3,9,12,18H2,1H3. The average Bonchev–Trinajstić information content (AvgIpc) is 2.77. The molecule has 20 heavy (non-hydrogen) atoms. The number of nitrogens with zero attached hydrogens (tertiary/aromatic N) is 2. The molecule has 0 atom stereocenters. The van der Waals surface area contributed by atoms with E-state index in [0.717, 1.165) is 18.4 Å². The third-order valence-corrected chi connectivity index (χ3v) is 3.11. The number of unbranched alkanes of at least 4 members (excludes halogenated alkanes) is 1. The Hall–Kier alpha value is -2.41. The zero-order valence-corrected chi connectivity index (χ0v) is 11.7. The summed E-state index contributed by atoms with van der Waals surface area (Å²) in [5, 5.41) is 9.22. The van der Waals surface area contributed by atoms with Crippen molar-refractivity contribution in [2.75, 3.05) is 12.3 Å². The van der Waals surface area contributed by atoms with Gasteiger partial charge in [-0.15, -0.1) is 0 Å². The normalized spacial score (nSPS) is 10.2. The van der Waals surface area contributed by atoms with E-state index in [-0.39, 0.29) is 0 Å². The van der Waals surface area contributed by atoms with Gasteiger partial charge in [-0.1, -0.05) is 43.7 Å². The van der Waals surface area contributed by atoms with E-state index in [9.17, 15) is 5.26 Å². The van der Waals surface area contributed by atoms with Gasteiger partial charge in [0.25, 0.3) is 0 Å². The van der Waals surface area contributed by atoms with Crippen molar-refractivity contribution in [3.63, 3.8) is 0 Å². The van der Waals surface area contributed by atoms with Gasteiger partial charge in [0.2, 0.25) is 5.88 Å². The first kappa shape index (κ1) is 14.0. The molecule has 1 aromatic heterocycles. The van der Waals surface area contributed by atoms with Gasteiger partial charge in [0.1, 0.15) is 11.8 Å². The number of ether oxygens (including phenoxy) is 1. The molecular weight excluding hydrogens is 250 g/mol. The van der Waals surface area contributed by atoms with Crippen LogP contribution in [0.5, 0.6) is 5.88 Å². The largest absolute Gasteiger partial charge is 0.477 e. The van der Waals surface area contributed by atoms with Crippen LogP contribution < -0.4 is 10.5 Å². The Balaban J connectivity index is 2.27. The minimum Gasteiger partial charge on any atom is -0.477 e. The van der Waals surface area contributed by atoms with E-state index in [0.29, 0.717) is 30.4 Å². The summed E-state index contributed by atoms with van der Waals surface area (Å²) >= 11 is 0. The lowest BCUT2D eigenvalue weighted by molar-refractivity contribution is 0.287. The Morgan fingerprint density at radius 1 is 1.30 bits per heavy atom.